The fourth-order valence-electron chi connectivity index (χ4n) is 1.34. The number of nitrogens with zero attached hydrogens (tertiary/aromatic N) is 1. The number of hydrogen-bond donors (Lipinski definition) is 1. The second kappa shape index (κ2) is 4.18. The van der Waals surface area contributed by atoms with E-state index in [2.05, 4.69) is 9.71 Å². The smallest absolute Gasteiger partial charge is 0.229 e. The van der Waals surface area contributed by atoms with Gasteiger partial charge in [0.1, 0.15) is 0 Å². The molecular formula is C9H10N2O4S3. The lowest BCUT2D eigenvalue weighted by atomic mass is 10.3. The van der Waals surface area contributed by atoms with Crippen molar-refractivity contribution in [1.29, 1.82) is 0 Å². The van der Waals surface area contributed by atoms with Crippen molar-refractivity contribution in [3.8, 4) is 0 Å². The van der Waals surface area contributed by atoms with Crippen molar-refractivity contribution in [2.24, 2.45) is 0 Å². The standard InChI is InChI=1S/C9H10N2O4S3/c1-17(12,13)9-10-7-4-3-6(5-8(7)16-9)11-18(2,14)15/h3-5,11H,1-2H3. The Morgan fingerprint density at radius 1 is 1.17 bits per heavy atom. The van der Waals surface area contributed by atoms with Gasteiger partial charge in [-0.1, -0.05) is 0 Å². The Labute approximate surface area is 109 Å². The summed E-state index contributed by atoms with van der Waals surface area (Å²) in [6, 6.07) is 4.67. The molecule has 2 rings (SSSR count). The fraction of sp³-hybridized carbons (Fsp3) is 0.222. The fourth-order valence-corrected chi connectivity index (χ4v) is 3.77. The Balaban J connectivity index is 2.53. The quantitative estimate of drug-likeness (QED) is 0.915. The Bertz CT molecular complexity index is 805. The lowest BCUT2D eigenvalue weighted by Gasteiger charge is -2.02. The summed E-state index contributed by atoms with van der Waals surface area (Å²) in [5, 5.41) is 0. The van der Waals surface area contributed by atoms with Crippen LogP contribution in [0.15, 0.2) is 22.5 Å². The number of benzene rings is 1. The minimum Gasteiger partial charge on any atom is -0.284 e. The number of rotatable bonds is 3. The van der Waals surface area contributed by atoms with Crippen LogP contribution in [0.4, 0.5) is 5.69 Å². The van der Waals surface area contributed by atoms with Crippen molar-refractivity contribution in [2.75, 3.05) is 17.2 Å². The zero-order chi connectivity index (χ0) is 13.6. The third kappa shape index (κ3) is 2.98. The monoisotopic (exact) mass is 306 g/mol. The normalized spacial score (nSPS) is 12.8. The van der Waals surface area contributed by atoms with Crippen LogP contribution < -0.4 is 4.72 Å². The van der Waals surface area contributed by atoms with Crippen LogP contribution in [0.5, 0.6) is 0 Å². The first-order valence-corrected chi connectivity index (χ1v) is 9.33. The Morgan fingerprint density at radius 3 is 2.39 bits per heavy atom. The predicted octanol–water partition coefficient (Wildman–Crippen LogP) is 1.07. The Kier molecular flexibility index (Phi) is 3.07. The molecule has 1 N–H and O–H groups in total. The van der Waals surface area contributed by atoms with Gasteiger partial charge in [0.2, 0.25) is 24.2 Å². The van der Waals surface area contributed by atoms with Gasteiger partial charge in [-0.15, -0.1) is 11.3 Å². The van der Waals surface area contributed by atoms with Crippen molar-refractivity contribution < 1.29 is 16.8 Å². The molecule has 0 radical (unpaired) electrons. The van der Waals surface area contributed by atoms with Gasteiger partial charge < -0.3 is 0 Å². The van der Waals surface area contributed by atoms with Gasteiger partial charge in [-0.2, -0.15) is 0 Å². The zero-order valence-corrected chi connectivity index (χ0v) is 12.0. The molecule has 1 heterocycles. The van der Waals surface area contributed by atoms with Crippen LogP contribution in [-0.2, 0) is 19.9 Å². The second-order valence-electron chi connectivity index (χ2n) is 3.81. The number of sulfone groups is 1. The third-order valence-corrected chi connectivity index (χ3v) is 5.29. The van der Waals surface area contributed by atoms with E-state index in [0.29, 0.717) is 15.9 Å². The molecule has 2 aromatic rings. The topological polar surface area (TPSA) is 93.2 Å². The third-order valence-electron chi connectivity index (χ3n) is 1.99. The minimum atomic E-state index is -3.35. The van der Waals surface area contributed by atoms with Crippen molar-refractivity contribution in [3.63, 3.8) is 0 Å². The van der Waals surface area contributed by atoms with Crippen LogP contribution in [0.2, 0.25) is 0 Å². The van der Waals surface area contributed by atoms with E-state index in [0.717, 1.165) is 23.8 Å². The van der Waals surface area contributed by atoms with Gasteiger partial charge in [0.25, 0.3) is 0 Å². The highest BCUT2D eigenvalue weighted by Gasteiger charge is 2.14. The number of fused-ring (bicyclic) bond motifs is 1. The molecule has 0 aliphatic rings. The summed E-state index contributed by atoms with van der Waals surface area (Å²) in [6.45, 7) is 0. The lowest BCUT2D eigenvalue weighted by molar-refractivity contribution is 0.601. The van der Waals surface area contributed by atoms with Gasteiger partial charge in [-0.25, -0.2) is 21.8 Å². The summed E-state index contributed by atoms with van der Waals surface area (Å²) in [5.74, 6) is 0. The van der Waals surface area contributed by atoms with Gasteiger partial charge in [0, 0.05) is 6.26 Å². The Hall–Kier alpha value is -1.19. The van der Waals surface area contributed by atoms with Crippen LogP contribution in [0.3, 0.4) is 0 Å². The summed E-state index contributed by atoms with van der Waals surface area (Å²) in [6.07, 6.45) is 2.13. The molecule has 0 fully saturated rings. The maximum atomic E-state index is 11.4. The molecule has 6 nitrogen and oxygen atoms in total. The van der Waals surface area contributed by atoms with E-state index in [1.165, 1.54) is 6.07 Å². The van der Waals surface area contributed by atoms with Crippen LogP contribution in [0.1, 0.15) is 0 Å². The molecule has 1 aromatic heterocycles. The van der Waals surface area contributed by atoms with Crippen LogP contribution in [0.25, 0.3) is 10.2 Å². The summed E-state index contributed by atoms with van der Waals surface area (Å²) >= 11 is 1.01. The van der Waals surface area contributed by atoms with Crippen molar-refractivity contribution in [2.45, 2.75) is 4.34 Å². The molecule has 1 aromatic carbocycles. The highest BCUT2D eigenvalue weighted by Crippen LogP contribution is 2.28. The maximum Gasteiger partial charge on any atom is 0.229 e. The van der Waals surface area contributed by atoms with Crippen LogP contribution in [-0.4, -0.2) is 34.3 Å². The molecule has 0 amide bonds. The average molecular weight is 306 g/mol. The number of hydrogen-bond acceptors (Lipinski definition) is 6. The zero-order valence-electron chi connectivity index (χ0n) is 9.54. The van der Waals surface area contributed by atoms with E-state index in [1.807, 2.05) is 0 Å². The summed E-state index contributed by atoms with van der Waals surface area (Å²) in [5.41, 5.74) is 0.910. The van der Waals surface area contributed by atoms with Gasteiger partial charge in [0.05, 0.1) is 22.2 Å². The van der Waals surface area contributed by atoms with Crippen molar-refractivity contribution in [3.05, 3.63) is 18.2 Å². The van der Waals surface area contributed by atoms with E-state index in [4.69, 9.17) is 0 Å². The number of aromatic nitrogens is 1. The van der Waals surface area contributed by atoms with Gasteiger partial charge in [-0.05, 0) is 18.2 Å². The number of anilines is 1. The van der Waals surface area contributed by atoms with Crippen molar-refractivity contribution >= 4 is 47.1 Å². The molecule has 0 unspecified atom stereocenters. The molecule has 9 heteroatoms. The predicted molar refractivity (Wildman–Crippen MR) is 71.2 cm³/mol. The molecule has 0 aliphatic carbocycles. The summed E-state index contributed by atoms with van der Waals surface area (Å²) < 4.78 is 47.8. The van der Waals surface area contributed by atoms with E-state index in [9.17, 15) is 16.8 Å². The molecular weight excluding hydrogens is 296 g/mol. The molecule has 18 heavy (non-hydrogen) atoms. The SMILES string of the molecule is CS(=O)(=O)Nc1ccc2nc(S(C)(=O)=O)sc2c1. The highest BCUT2D eigenvalue weighted by atomic mass is 32.2. The number of sulfonamides is 1. The van der Waals surface area contributed by atoms with Crippen LogP contribution >= 0.6 is 11.3 Å². The molecule has 0 spiro atoms. The molecule has 98 valence electrons. The first kappa shape index (κ1) is 13.2. The molecule has 0 aliphatic heterocycles. The van der Waals surface area contributed by atoms with Crippen LogP contribution in [0, 0.1) is 0 Å². The van der Waals surface area contributed by atoms with E-state index in [-0.39, 0.29) is 4.34 Å². The van der Waals surface area contributed by atoms with Crippen molar-refractivity contribution in [1.82, 2.24) is 4.98 Å². The summed E-state index contributed by atoms with van der Waals surface area (Å²) in [7, 11) is -6.70. The van der Waals surface area contributed by atoms with E-state index >= 15 is 0 Å². The highest BCUT2D eigenvalue weighted by molar-refractivity contribution is 7.92. The maximum absolute atomic E-state index is 11.4. The average Bonchev–Trinajstić information content (AvgIpc) is 2.57. The van der Waals surface area contributed by atoms with Gasteiger partial charge >= 0.3 is 0 Å². The second-order valence-corrected chi connectivity index (χ2v) is 8.78. The molecule has 0 saturated heterocycles. The first-order chi connectivity index (χ1) is 8.15. The molecule has 0 saturated carbocycles. The molecule has 0 bridgehead atoms. The minimum absolute atomic E-state index is 0.0222. The Morgan fingerprint density at radius 2 is 1.83 bits per heavy atom. The summed E-state index contributed by atoms with van der Waals surface area (Å²) in [4.78, 5) is 3.97. The number of nitrogens with one attached hydrogen (secondary N) is 1. The van der Waals surface area contributed by atoms with E-state index in [1.54, 1.807) is 12.1 Å². The van der Waals surface area contributed by atoms with Gasteiger partial charge in [0.15, 0.2) is 0 Å². The van der Waals surface area contributed by atoms with E-state index < -0.39 is 19.9 Å². The molecule has 0 atom stereocenters. The lowest BCUT2D eigenvalue weighted by Crippen LogP contribution is -2.09. The number of thiazole rings is 1. The first-order valence-electron chi connectivity index (χ1n) is 4.73. The van der Waals surface area contributed by atoms with Gasteiger partial charge in [-0.3, -0.25) is 4.72 Å². The largest absolute Gasteiger partial charge is 0.284 e.